The summed E-state index contributed by atoms with van der Waals surface area (Å²) < 4.78 is 13.3. The van der Waals surface area contributed by atoms with Crippen LogP contribution in [0.5, 0.6) is 0 Å². The summed E-state index contributed by atoms with van der Waals surface area (Å²) in [4.78, 5) is 1.99. The Morgan fingerprint density at radius 2 is 2.21 bits per heavy atom. The summed E-state index contributed by atoms with van der Waals surface area (Å²) in [6, 6.07) is 6.43. The Morgan fingerprint density at radius 3 is 2.79 bits per heavy atom. The largest absolute Gasteiger partial charge is 0.302 e. The van der Waals surface area contributed by atoms with Crippen LogP contribution in [0.2, 0.25) is 0 Å². The van der Waals surface area contributed by atoms with Crippen LogP contribution in [-0.2, 0) is 6.54 Å². The fraction of sp³-hybridized carbons (Fsp3) is 0.364. The summed E-state index contributed by atoms with van der Waals surface area (Å²) >= 11 is 0. The van der Waals surface area contributed by atoms with Crippen molar-refractivity contribution in [3.8, 4) is 6.07 Å². The van der Waals surface area contributed by atoms with Crippen molar-refractivity contribution in [2.24, 2.45) is 0 Å². The Balaban J connectivity index is 2.90. The highest BCUT2D eigenvalue weighted by molar-refractivity contribution is 5.33. The number of nitrogens with zero attached hydrogens (tertiary/aromatic N) is 2. The highest BCUT2D eigenvalue weighted by atomic mass is 19.1. The van der Waals surface area contributed by atoms with Crippen LogP contribution in [-0.4, -0.2) is 18.5 Å². The van der Waals surface area contributed by atoms with Gasteiger partial charge in [-0.05, 0) is 31.8 Å². The third-order valence-electron chi connectivity index (χ3n) is 2.15. The number of hydrogen-bond acceptors (Lipinski definition) is 2. The zero-order valence-electron chi connectivity index (χ0n) is 8.42. The first-order valence-corrected chi connectivity index (χ1v) is 4.54. The van der Waals surface area contributed by atoms with Gasteiger partial charge in [0.05, 0.1) is 11.6 Å². The molecule has 0 radical (unpaired) electrons. The first-order chi connectivity index (χ1) is 6.67. The van der Waals surface area contributed by atoms with Crippen molar-refractivity contribution in [2.75, 3.05) is 13.6 Å². The highest BCUT2D eigenvalue weighted by Crippen LogP contribution is 2.11. The molecule has 0 spiro atoms. The maximum atomic E-state index is 13.3. The molecule has 1 aromatic carbocycles. The molecular formula is C11H13FN2. The second-order valence-electron chi connectivity index (χ2n) is 3.25. The molecule has 0 fully saturated rings. The Bertz CT molecular complexity index is 355. The van der Waals surface area contributed by atoms with Gasteiger partial charge in [0.2, 0.25) is 0 Å². The van der Waals surface area contributed by atoms with E-state index in [9.17, 15) is 4.39 Å². The van der Waals surface area contributed by atoms with E-state index in [2.05, 4.69) is 0 Å². The minimum atomic E-state index is -0.246. The Morgan fingerprint density at radius 1 is 1.50 bits per heavy atom. The van der Waals surface area contributed by atoms with E-state index in [4.69, 9.17) is 5.26 Å². The van der Waals surface area contributed by atoms with E-state index in [0.29, 0.717) is 17.7 Å². The van der Waals surface area contributed by atoms with Gasteiger partial charge in [0.1, 0.15) is 5.82 Å². The number of benzene rings is 1. The lowest BCUT2D eigenvalue weighted by Crippen LogP contribution is -2.17. The monoisotopic (exact) mass is 192 g/mol. The summed E-state index contributed by atoms with van der Waals surface area (Å²) in [5, 5.41) is 8.66. The SMILES string of the molecule is CCN(C)Cc1cc(C#N)ccc1F. The van der Waals surface area contributed by atoms with Crippen LogP contribution in [0, 0.1) is 17.1 Å². The van der Waals surface area contributed by atoms with Crippen LogP contribution in [0.1, 0.15) is 18.1 Å². The number of hydrogen-bond donors (Lipinski definition) is 0. The van der Waals surface area contributed by atoms with E-state index in [-0.39, 0.29) is 5.82 Å². The van der Waals surface area contributed by atoms with E-state index in [1.807, 2.05) is 24.9 Å². The minimum Gasteiger partial charge on any atom is -0.302 e. The molecule has 0 unspecified atom stereocenters. The fourth-order valence-electron chi connectivity index (χ4n) is 1.17. The van der Waals surface area contributed by atoms with Gasteiger partial charge in [-0.25, -0.2) is 4.39 Å². The maximum Gasteiger partial charge on any atom is 0.127 e. The van der Waals surface area contributed by atoms with Crippen LogP contribution in [0.25, 0.3) is 0 Å². The predicted octanol–water partition coefficient (Wildman–Crippen LogP) is 2.15. The molecular weight excluding hydrogens is 179 g/mol. The van der Waals surface area contributed by atoms with E-state index in [1.54, 1.807) is 6.07 Å². The maximum absolute atomic E-state index is 13.3. The molecule has 0 atom stereocenters. The highest BCUT2D eigenvalue weighted by Gasteiger charge is 2.05. The molecule has 0 amide bonds. The van der Waals surface area contributed by atoms with Crippen LogP contribution in [0.15, 0.2) is 18.2 Å². The summed E-state index contributed by atoms with van der Waals surface area (Å²) in [5.74, 6) is -0.246. The molecule has 1 aromatic rings. The van der Waals surface area contributed by atoms with Gasteiger partial charge in [0, 0.05) is 12.1 Å². The molecule has 3 heteroatoms. The lowest BCUT2D eigenvalue weighted by molar-refractivity contribution is 0.339. The summed E-state index contributed by atoms with van der Waals surface area (Å²) in [6.07, 6.45) is 0. The molecule has 2 nitrogen and oxygen atoms in total. The van der Waals surface area contributed by atoms with Crippen molar-refractivity contribution in [1.29, 1.82) is 5.26 Å². The van der Waals surface area contributed by atoms with E-state index in [0.717, 1.165) is 6.54 Å². The molecule has 0 bridgehead atoms. The van der Waals surface area contributed by atoms with Crippen LogP contribution in [0.3, 0.4) is 0 Å². The normalized spacial score (nSPS) is 10.2. The summed E-state index contributed by atoms with van der Waals surface area (Å²) in [7, 11) is 1.92. The Hall–Kier alpha value is -1.40. The molecule has 0 aliphatic heterocycles. The van der Waals surface area contributed by atoms with E-state index in [1.165, 1.54) is 12.1 Å². The second kappa shape index (κ2) is 4.73. The topological polar surface area (TPSA) is 27.0 Å². The molecule has 0 aromatic heterocycles. The van der Waals surface area contributed by atoms with Crippen molar-refractivity contribution in [3.63, 3.8) is 0 Å². The van der Waals surface area contributed by atoms with Gasteiger partial charge in [0.25, 0.3) is 0 Å². The lowest BCUT2D eigenvalue weighted by atomic mass is 10.1. The van der Waals surface area contributed by atoms with Gasteiger partial charge >= 0.3 is 0 Å². The fourth-order valence-corrected chi connectivity index (χ4v) is 1.17. The molecule has 74 valence electrons. The van der Waals surface area contributed by atoms with Crippen molar-refractivity contribution >= 4 is 0 Å². The number of rotatable bonds is 3. The minimum absolute atomic E-state index is 0.246. The molecule has 0 aliphatic rings. The average Bonchev–Trinajstić information content (AvgIpc) is 2.21. The summed E-state index contributed by atoms with van der Waals surface area (Å²) in [5.41, 5.74) is 1.08. The molecule has 14 heavy (non-hydrogen) atoms. The second-order valence-corrected chi connectivity index (χ2v) is 3.25. The molecule has 0 aliphatic carbocycles. The van der Waals surface area contributed by atoms with Crippen molar-refractivity contribution in [2.45, 2.75) is 13.5 Å². The van der Waals surface area contributed by atoms with Gasteiger partial charge in [-0.2, -0.15) is 5.26 Å². The first-order valence-electron chi connectivity index (χ1n) is 4.54. The van der Waals surface area contributed by atoms with Gasteiger partial charge in [0.15, 0.2) is 0 Å². The molecule has 0 N–H and O–H groups in total. The standard InChI is InChI=1S/C11H13FN2/c1-3-14(2)8-10-6-9(7-13)4-5-11(10)12/h4-6H,3,8H2,1-2H3. The van der Waals surface area contributed by atoms with E-state index >= 15 is 0 Å². The third kappa shape index (κ3) is 2.54. The third-order valence-corrected chi connectivity index (χ3v) is 2.15. The molecule has 0 saturated carbocycles. The Kier molecular flexibility index (Phi) is 3.61. The van der Waals surface area contributed by atoms with Gasteiger partial charge in [-0.1, -0.05) is 6.92 Å². The van der Waals surface area contributed by atoms with Crippen molar-refractivity contribution < 1.29 is 4.39 Å². The van der Waals surface area contributed by atoms with Crippen molar-refractivity contribution in [1.82, 2.24) is 4.90 Å². The zero-order chi connectivity index (χ0) is 10.6. The lowest BCUT2D eigenvalue weighted by Gasteiger charge is -2.14. The van der Waals surface area contributed by atoms with Gasteiger partial charge in [-0.3, -0.25) is 0 Å². The molecule has 0 heterocycles. The van der Waals surface area contributed by atoms with Crippen molar-refractivity contribution in [3.05, 3.63) is 35.1 Å². The van der Waals surface area contributed by atoms with Gasteiger partial charge < -0.3 is 4.90 Å². The first kappa shape index (κ1) is 10.7. The molecule has 0 saturated heterocycles. The Labute approximate surface area is 83.6 Å². The smallest absolute Gasteiger partial charge is 0.127 e. The molecule has 1 rings (SSSR count). The van der Waals surface area contributed by atoms with E-state index < -0.39 is 0 Å². The zero-order valence-corrected chi connectivity index (χ0v) is 8.42. The summed E-state index contributed by atoms with van der Waals surface area (Å²) in [6.45, 7) is 3.40. The van der Waals surface area contributed by atoms with Crippen LogP contribution < -0.4 is 0 Å². The predicted molar refractivity (Wildman–Crippen MR) is 53.1 cm³/mol. The van der Waals surface area contributed by atoms with Gasteiger partial charge in [-0.15, -0.1) is 0 Å². The average molecular weight is 192 g/mol. The number of nitriles is 1. The quantitative estimate of drug-likeness (QED) is 0.733. The van der Waals surface area contributed by atoms with Crippen LogP contribution in [0.4, 0.5) is 4.39 Å². The van der Waals surface area contributed by atoms with Crippen LogP contribution >= 0.6 is 0 Å². The number of halogens is 1.